The van der Waals surface area contributed by atoms with Gasteiger partial charge in [-0.15, -0.1) is 0 Å². The second-order valence-corrected chi connectivity index (χ2v) is 5.84. The average Bonchev–Trinajstić information content (AvgIpc) is 2.55. The van der Waals surface area contributed by atoms with Gasteiger partial charge in [-0.1, -0.05) is 6.07 Å². The van der Waals surface area contributed by atoms with E-state index >= 15 is 0 Å². The Bertz CT molecular complexity index is 470. The molecule has 2 heterocycles. The molecule has 22 heavy (non-hydrogen) atoms. The highest BCUT2D eigenvalue weighted by Crippen LogP contribution is 2.10. The van der Waals surface area contributed by atoms with Crippen LogP contribution in [0.4, 0.5) is 5.82 Å². The summed E-state index contributed by atoms with van der Waals surface area (Å²) < 4.78 is 0. The molecule has 1 aliphatic heterocycles. The van der Waals surface area contributed by atoms with Crippen LogP contribution >= 0.6 is 0 Å². The van der Waals surface area contributed by atoms with Crippen molar-refractivity contribution in [2.45, 2.75) is 13.5 Å². The maximum Gasteiger partial charge on any atom is 0.236 e. The lowest BCUT2D eigenvalue weighted by atomic mass is 10.2. The third-order valence-corrected chi connectivity index (χ3v) is 4.00. The van der Waals surface area contributed by atoms with Gasteiger partial charge >= 0.3 is 0 Å². The van der Waals surface area contributed by atoms with E-state index in [0.717, 1.165) is 50.6 Å². The quantitative estimate of drug-likeness (QED) is 0.824. The molecule has 0 bridgehead atoms. The second kappa shape index (κ2) is 8.10. The van der Waals surface area contributed by atoms with E-state index in [-0.39, 0.29) is 5.91 Å². The van der Waals surface area contributed by atoms with Gasteiger partial charge < -0.3 is 15.1 Å². The van der Waals surface area contributed by atoms with Crippen LogP contribution in [-0.4, -0.2) is 74.1 Å². The molecule has 0 spiro atoms. The lowest BCUT2D eigenvalue weighted by Gasteiger charge is -2.29. The SMILES string of the molecule is CCN(C)c1ccc(CN(C)CC(=O)N2CCNCC2)cn1. The smallest absolute Gasteiger partial charge is 0.236 e. The van der Waals surface area contributed by atoms with Crippen molar-refractivity contribution in [2.24, 2.45) is 0 Å². The Kier molecular flexibility index (Phi) is 6.15. The molecule has 2 rings (SSSR count). The number of nitrogens with zero attached hydrogens (tertiary/aromatic N) is 4. The number of rotatable bonds is 6. The zero-order valence-electron chi connectivity index (χ0n) is 13.9. The number of likely N-dealkylation sites (N-methyl/N-ethyl adjacent to an activating group) is 1. The molecule has 0 aromatic carbocycles. The van der Waals surface area contributed by atoms with E-state index in [1.54, 1.807) is 0 Å². The number of anilines is 1. The first-order valence-corrected chi connectivity index (χ1v) is 7.93. The first kappa shape index (κ1) is 16.7. The van der Waals surface area contributed by atoms with Gasteiger partial charge in [0.25, 0.3) is 0 Å². The molecule has 1 saturated heterocycles. The predicted octanol–water partition coefficient (Wildman–Crippen LogP) is 0.401. The summed E-state index contributed by atoms with van der Waals surface area (Å²) in [5.41, 5.74) is 1.13. The van der Waals surface area contributed by atoms with Crippen molar-refractivity contribution >= 4 is 11.7 Å². The fraction of sp³-hybridized carbons (Fsp3) is 0.625. The Morgan fingerprint density at radius 2 is 2.05 bits per heavy atom. The zero-order valence-corrected chi connectivity index (χ0v) is 13.9. The Morgan fingerprint density at radius 3 is 2.64 bits per heavy atom. The van der Waals surface area contributed by atoms with E-state index in [9.17, 15) is 4.79 Å². The molecular weight excluding hydrogens is 278 g/mol. The first-order chi connectivity index (χ1) is 10.6. The number of piperazine rings is 1. The van der Waals surface area contributed by atoms with E-state index in [1.165, 1.54) is 0 Å². The topological polar surface area (TPSA) is 51.7 Å². The van der Waals surface area contributed by atoms with Crippen LogP contribution in [0.5, 0.6) is 0 Å². The Labute approximate surface area is 133 Å². The molecule has 1 amide bonds. The van der Waals surface area contributed by atoms with Crippen LogP contribution in [0.15, 0.2) is 18.3 Å². The molecular formula is C16H27N5O. The van der Waals surface area contributed by atoms with Gasteiger partial charge in [-0.05, 0) is 25.6 Å². The lowest BCUT2D eigenvalue weighted by molar-refractivity contribution is -0.132. The molecule has 1 aromatic rings. The van der Waals surface area contributed by atoms with Crippen molar-refractivity contribution in [1.82, 2.24) is 20.1 Å². The van der Waals surface area contributed by atoms with E-state index in [2.05, 4.69) is 28.2 Å². The molecule has 1 fully saturated rings. The molecule has 122 valence electrons. The first-order valence-electron chi connectivity index (χ1n) is 7.93. The van der Waals surface area contributed by atoms with Crippen molar-refractivity contribution in [3.8, 4) is 0 Å². The third kappa shape index (κ3) is 4.68. The zero-order chi connectivity index (χ0) is 15.9. The summed E-state index contributed by atoms with van der Waals surface area (Å²) in [5.74, 6) is 1.19. The standard InChI is InChI=1S/C16H27N5O/c1-4-20(3)15-6-5-14(11-18-15)12-19(2)13-16(22)21-9-7-17-8-10-21/h5-6,11,17H,4,7-10,12-13H2,1-3H3. The second-order valence-electron chi connectivity index (χ2n) is 5.84. The third-order valence-electron chi connectivity index (χ3n) is 4.00. The number of carbonyl (C=O) groups excluding carboxylic acids is 1. The minimum absolute atomic E-state index is 0.208. The maximum atomic E-state index is 12.2. The van der Waals surface area contributed by atoms with E-state index in [4.69, 9.17) is 0 Å². The summed E-state index contributed by atoms with van der Waals surface area (Å²) in [6.45, 7) is 7.64. The Balaban J connectivity index is 1.83. The van der Waals surface area contributed by atoms with Crippen LogP contribution in [0.1, 0.15) is 12.5 Å². The Hall–Kier alpha value is -1.66. The molecule has 0 radical (unpaired) electrons. The molecule has 1 N–H and O–H groups in total. The van der Waals surface area contributed by atoms with Crippen molar-refractivity contribution < 1.29 is 4.79 Å². The average molecular weight is 305 g/mol. The van der Waals surface area contributed by atoms with Crippen LogP contribution < -0.4 is 10.2 Å². The molecule has 0 atom stereocenters. The van der Waals surface area contributed by atoms with Crippen LogP contribution in [0, 0.1) is 0 Å². The molecule has 0 saturated carbocycles. The van der Waals surface area contributed by atoms with Gasteiger partial charge in [0.1, 0.15) is 5.82 Å². The number of nitrogens with one attached hydrogen (secondary N) is 1. The molecule has 6 heteroatoms. The van der Waals surface area contributed by atoms with Gasteiger partial charge in [0.15, 0.2) is 0 Å². The molecule has 1 aromatic heterocycles. The number of carbonyl (C=O) groups is 1. The number of hydrogen-bond donors (Lipinski definition) is 1. The summed E-state index contributed by atoms with van der Waals surface area (Å²) in [6, 6.07) is 4.12. The highest BCUT2D eigenvalue weighted by Gasteiger charge is 2.17. The largest absolute Gasteiger partial charge is 0.360 e. The number of pyridine rings is 1. The molecule has 1 aliphatic rings. The fourth-order valence-corrected chi connectivity index (χ4v) is 2.51. The summed E-state index contributed by atoms with van der Waals surface area (Å²) >= 11 is 0. The van der Waals surface area contributed by atoms with Gasteiger partial charge in [-0.3, -0.25) is 9.69 Å². The van der Waals surface area contributed by atoms with Gasteiger partial charge in [0, 0.05) is 52.5 Å². The van der Waals surface area contributed by atoms with Gasteiger partial charge in [-0.2, -0.15) is 0 Å². The van der Waals surface area contributed by atoms with Gasteiger partial charge in [0.05, 0.1) is 6.54 Å². The van der Waals surface area contributed by atoms with Crippen LogP contribution in [0.25, 0.3) is 0 Å². The predicted molar refractivity (Wildman–Crippen MR) is 89.0 cm³/mol. The number of amides is 1. The normalized spacial score (nSPS) is 15.2. The number of aromatic nitrogens is 1. The van der Waals surface area contributed by atoms with Crippen molar-refractivity contribution in [2.75, 3.05) is 58.3 Å². The molecule has 0 aliphatic carbocycles. The minimum Gasteiger partial charge on any atom is -0.360 e. The van der Waals surface area contributed by atoms with Crippen LogP contribution in [0.2, 0.25) is 0 Å². The van der Waals surface area contributed by atoms with Crippen LogP contribution in [0.3, 0.4) is 0 Å². The highest BCUT2D eigenvalue weighted by molar-refractivity contribution is 5.78. The maximum absolute atomic E-state index is 12.2. The summed E-state index contributed by atoms with van der Waals surface area (Å²) in [6.07, 6.45) is 1.90. The monoisotopic (exact) mass is 305 g/mol. The van der Waals surface area contributed by atoms with Crippen molar-refractivity contribution in [1.29, 1.82) is 0 Å². The Morgan fingerprint density at radius 1 is 1.32 bits per heavy atom. The minimum atomic E-state index is 0.208. The fourth-order valence-electron chi connectivity index (χ4n) is 2.51. The molecule has 6 nitrogen and oxygen atoms in total. The summed E-state index contributed by atoms with van der Waals surface area (Å²) in [5, 5.41) is 3.26. The van der Waals surface area contributed by atoms with E-state index in [1.807, 2.05) is 36.2 Å². The van der Waals surface area contributed by atoms with E-state index in [0.29, 0.717) is 6.54 Å². The van der Waals surface area contributed by atoms with Crippen molar-refractivity contribution in [3.05, 3.63) is 23.9 Å². The highest BCUT2D eigenvalue weighted by atomic mass is 16.2. The van der Waals surface area contributed by atoms with Crippen molar-refractivity contribution in [3.63, 3.8) is 0 Å². The van der Waals surface area contributed by atoms with E-state index < -0.39 is 0 Å². The van der Waals surface area contributed by atoms with Gasteiger partial charge in [0.2, 0.25) is 5.91 Å². The molecule has 0 unspecified atom stereocenters. The summed E-state index contributed by atoms with van der Waals surface area (Å²) in [4.78, 5) is 22.8. The van der Waals surface area contributed by atoms with Gasteiger partial charge in [-0.25, -0.2) is 4.98 Å². The number of hydrogen-bond acceptors (Lipinski definition) is 5. The van der Waals surface area contributed by atoms with Crippen LogP contribution in [-0.2, 0) is 11.3 Å². The lowest BCUT2D eigenvalue weighted by Crippen LogP contribution is -2.49. The summed E-state index contributed by atoms with van der Waals surface area (Å²) in [7, 11) is 4.01.